The number of carbonyl (C=O) groups excluding carboxylic acids is 1. The van der Waals surface area contributed by atoms with Crippen LogP contribution >= 0.6 is 0 Å². The Bertz CT molecular complexity index is 395. The summed E-state index contributed by atoms with van der Waals surface area (Å²) in [6, 6.07) is 10.3. The topological polar surface area (TPSA) is 35.5 Å². The number of benzene rings is 1. The molecule has 0 N–H and O–H groups in total. The lowest BCUT2D eigenvalue weighted by Gasteiger charge is -2.09. The van der Waals surface area contributed by atoms with E-state index >= 15 is 0 Å². The fraction of sp³-hybridized carbons (Fsp3) is 0.400. The number of esters is 1. The number of allylic oxidation sites excluding steroid dienone is 1. The van der Waals surface area contributed by atoms with Crippen LogP contribution in [-0.4, -0.2) is 19.2 Å². The van der Waals surface area contributed by atoms with Crippen LogP contribution in [0.5, 0.6) is 0 Å². The third kappa shape index (κ3) is 5.04. The highest BCUT2D eigenvalue weighted by Gasteiger charge is 2.12. The minimum absolute atomic E-state index is 0.359. The van der Waals surface area contributed by atoms with Crippen LogP contribution in [0.25, 0.3) is 0 Å². The van der Waals surface area contributed by atoms with Gasteiger partial charge in [0.25, 0.3) is 0 Å². The molecule has 1 unspecified atom stereocenters. The molecule has 0 aliphatic carbocycles. The van der Waals surface area contributed by atoms with E-state index in [-0.39, 0.29) is 5.97 Å². The molecule has 18 heavy (non-hydrogen) atoms. The van der Waals surface area contributed by atoms with Crippen LogP contribution in [0, 0.1) is 0 Å². The van der Waals surface area contributed by atoms with Gasteiger partial charge >= 0.3 is 5.97 Å². The van der Waals surface area contributed by atoms with Crippen molar-refractivity contribution in [2.24, 2.45) is 0 Å². The third-order valence-corrected chi connectivity index (χ3v) is 2.66. The molecular weight excluding hydrogens is 228 g/mol. The lowest BCUT2D eigenvalue weighted by atomic mass is 10.1. The average Bonchev–Trinajstić information content (AvgIpc) is 2.42. The summed E-state index contributed by atoms with van der Waals surface area (Å²) in [6.07, 6.45) is 2.98. The van der Waals surface area contributed by atoms with Gasteiger partial charge in [0.05, 0.1) is 13.4 Å². The van der Waals surface area contributed by atoms with Crippen molar-refractivity contribution in [3.8, 4) is 0 Å². The van der Waals surface area contributed by atoms with Crippen molar-refractivity contribution in [2.75, 3.05) is 7.11 Å². The predicted octanol–water partition coefficient (Wildman–Crippen LogP) is 3.10. The van der Waals surface area contributed by atoms with E-state index in [2.05, 4.69) is 16.9 Å². The Balaban J connectivity index is 2.36. The molecule has 0 heterocycles. The molecule has 1 aromatic rings. The molecule has 0 amide bonds. The highest BCUT2D eigenvalue weighted by atomic mass is 16.6. The molecule has 0 bridgehead atoms. The van der Waals surface area contributed by atoms with Crippen molar-refractivity contribution >= 4 is 5.97 Å². The van der Waals surface area contributed by atoms with Gasteiger partial charge in [-0.05, 0) is 37.8 Å². The van der Waals surface area contributed by atoms with Gasteiger partial charge in [0.15, 0.2) is 6.10 Å². The summed E-state index contributed by atoms with van der Waals surface area (Å²) < 4.78 is 9.89. The zero-order valence-electron chi connectivity index (χ0n) is 11.2. The maximum atomic E-state index is 11.1. The Hall–Kier alpha value is -1.77. The molecule has 0 aliphatic heterocycles. The lowest BCUT2D eigenvalue weighted by molar-refractivity contribution is -0.149. The summed E-state index contributed by atoms with van der Waals surface area (Å²) in [5.41, 5.74) is 2.40. The Labute approximate surface area is 108 Å². The van der Waals surface area contributed by atoms with Crippen LogP contribution in [0.3, 0.4) is 0 Å². The van der Waals surface area contributed by atoms with E-state index in [0.717, 1.165) is 18.4 Å². The van der Waals surface area contributed by atoms with Crippen LogP contribution in [0.15, 0.2) is 42.2 Å². The van der Waals surface area contributed by atoms with Crippen molar-refractivity contribution in [1.82, 2.24) is 0 Å². The van der Waals surface area contributed by atoms with E-state index in [9.17, 15) is 4.79 Å². The molecule has 0 spiro atoms. The van der Waals surface area contributed by atoms with Crippen LogP contribution in [0.2, 0.25) is 0 Å². The summed E-state index contributed by atoms with van der Waals surface area (Å²) in [7, 11) is 1.36. The SMILES string of the molecule is COC(=O)C(C)OC=C(C)CCc1ccccc1. The molecular formula is C15H20O3. The molecule has 0 radical (unpaired) electrons. The highest BCUT2D eigenvalue weighted by molar-refractivity contribution is 5.74. The van der Waals surface area contributed by atoms with Crippen molar-refractivity contribution in [3.05, 3.63) is 47.7 Å². The van der Waals surface area contributed by atoms with Crippen molar-refractivity contribution in [3.63, 3.8) is 0 Å². The summed E-state index contributed by atoms with van der Waals surface area (Å²) in [5.74, 6) is -0.359. The summed E-state index contributed by atoms with van der Waals surface area (Å²) in [4.78, 5) is 11.1. The summed E-state index contributed by atoms with van der Waals surface area (Å²) >= 11 is 0. The second kappa shape index (κ2) is 7.54. The summed E-state index contributed by atoms with van der Waals surface area (Å²) in [6.45, 7) is 3.67. The van der Waals surface area contributed by atoms with Gasteiger partial charge in [0, 0.05) is 0 Å². The highest BCUT2D eigenvalue weighted by Crippen LogP contribution is 2.09. The molecule has 0 saturated heterocycles. The number of rotatable bonds is 6. The van der Waals surface area contributed by atoms with Gasteiger partial charge < -0.3 is 9.47 Å². The minimum atomic E-state index is -0.554. The molecule has 0 fully saturated rings. The zero-order valence-corrected chi connectivity index (χ0v) is 11.2. The first-order chi connectivity index (χ1) is 8.63. The van der Waals surface area contributed by atoms with Gasteiger partial charge in [-0.15, -0.1) is 0 Å². The average molecular weight is 248 g/mol. The van der Waals surface area contributed by atoms with E-state index in [0.29, 0.717) is 0 Å². The molecule has 0 aromatic heterocycles. The molecule has 3 nitrogen and oxygen atoms in total. The van der Waals surface area contributed by atoms with Gasteiger partial charge in [-0.1, -0.05) is 30.3 Å². The summed E-state index contributed by atoms with van der Waals surface area (Å²) in [5, 5.41) is 0. The standard InChI is InChI=1S/C15H20O3/c1-12(11-18-13(2)15(16)17-3)9-10-14-7-5-4-6-8-14/h4-8,11,13H,9-10H2,1-3H3. The Morgan fingerprint density at radius 1 is 1.33 bits per heavy atom. The molecule has 1 aromatic carbocycles. The van der Waals surface area contributed by atoms with Crippen molar-refractivity contribution in [2.45, 2.75) is 32.8 Å². The molecule has 1 atom stereocenters. The smallest absolute Gasteiger partial charge is 0.346 e. The largest absolute Gasteiger partial charge is 0.487 e. The Kier molecular flexibility index (Phi) is 5.98. The van der Waals surface area contributed by atoms with E-state index in [4.69, 9.17) is 4.74 Å². The van der Waals surface area contributed by atoms with Gasteiger partial charge in [-0.3, -0.25) is 0 Å². The predicted molar refractivity (Wildman–Crippen MR) is 71.1 cm³/mol. The third-order valence-electron chi connectivity index (χ3n) is 2.66. The minimum Gasteiger partial charge on any atom is -0.487 e. The Morgan fingerprint density at radius 2 is 2.00 bits per heavy atom. The molecule has 0 saturated carbocycles. The quantitative estimate of drug-likeness (QED) is 0.573. The number of ether oxygens (including phenoxy) is 2. The first-order valence-electron chi connectivity index (χ1n) is 6.06. The lowest BCUT2D eigenvalue weighted by Crippen LogP contribution is -2.19. The second-order valence-electron chi connectivity index (χ2n) is 4.25. The number of methoxy groups -OCH3 is 1. The van der Waals surface area contributed by atoms with Crippen molar-refractivity contribution in [1.29, 1.82) is 0 Å². The van der Waals surface area contributed by atoms with Gasteiger partial charge in [0.2, 0.25) is 0 Å². The van der Waals surface area contributed by atoms with E-state index in [1.807, 2.05) is 25.1 Å². The second-order valence-corrected chi connectivity index (χ2v) is 4.25. The maximum Gasteiger partial charge on any atom is 0.346 e. The zero-order chi connectivity index (χ0) is 13.4. The number of carbonyl (C=O) groups is 1. The van der Waals surface area contributed by atoms with Gasteiger partial charge in [0.1, 0.15) is 0 Å². The van der Waals surface area contributed by atoms with Crippen molar-refractivity contribution < 1.29 is 14.3 Å². The number of aryl methyl sites for hydroxylation is 1. The van der Waals surface area contributed by atoms with Crippen LogP contribution < -0.4 is 0 Å². The molecule has 1 rings (SSSR count). The first kappa shape index (κ1) is 14.3. The molecule has 0 aliphatic rings. The van der Waals surface area contributed by atoms with Crippen LogP contribution in [0.4, 0.5) is 0 Å². The molecule has 3 heteroatoms. The van der Waals surface area contributed by atoms with Gasteiger partial charge in [-0.2, -0.15) is 0 Å². The molecule has 98 valence electrons. The fourth-order valence-corrected chi connectivity index (χ4v) is 1.48. The number of hydrogen-bond acceptors (Lipinski definition) is 3. The van der Waals surface area contributed by atoms with Crippen LogP contribution in [-0.2, 0) is 20.7 Å². The van der Waals surface area contributed by atoms with Crippen LogP contribution in [0.1, 0.15) is 25.8 Å². The first-order valence-corrected chi connectivity index (χ1v) is 6.06. The fourth-order valence-electron chi connectivity index (χ4n) is 1.48. The Morgan fingerprint density at radius 3 is 2.61 bits per heavy atom. The van der Waals surface area contributed by atoms with E-state index in [1.165, 1.54) is 12.7 Å². The maximum absolute atomic E-state index is 11.1. The number of hydrogen-bond donors (Lipinski definition) is 0. The van der Waals surface area contributed by atoms with E-state index in [1.54, 1.807) is 13.2 Å². The normalized spacial score (nSPS) is 12.9. The van der Waals surface area contributed by atoms with Gasteiger partial charge in [-0.25, -0.2) is 4.79 Å². The van der Waals surface area contributed by atoms with E-state index < -0.39 is 6.10 Å². The monoisotopic (exact) mass is 248 g/mol.